The topological polar surface area (TPSA) is 85.2 Å². The van der Waals surface area contributed by atoms with Crippen molar-refractivity contribution in [3.63, 3.8) is 0 Å². The number of pyridine rings is 1. The highest BCUT2D eigenvalue weighted by atomic mass is 35.5. The van der Waals surface area contributed by atoms with Crippen molar-refractivity contribution in [2.24, 2.45) is 5.73 Å². The Balaban J connectivity index is 2.21. The minimum Gasteiger partial charge on any atom is -0.397 e. The number of halogens is 1. The molecule has 0 saturated heterocycles. The minimum atomic E-state index is -0.561. The fourth-order valence-corrected chi connectivity index (χ4v) is 2.77. The maximum atomic E-state index is 11.2. The zero-order valence-electron chi connectivity index (χ0n) is 10.3. The van der Waals surface area contributed by atoms with Crippen molar-refractivity contribution in [3.05, 3.63) is 39.2 Å². The van der Waals surface area contributed by atoms with E-state index in [-0.39, 0.29) is 11.3 Å². The van der Waals surface area contributed by atoms with Crippen molar-refractivity contribution >= 4 is 40.4 Å². The lowest BCUT2D eigenvalue weighted by molar-refractivity contribution is 0.100. The molecule has 0 saturated carbocycles. The van der Waals surface area contributed by atoms with E-state index in [1.165, 1.54) is 17.5 Å². The summed E-state index contributed by atoms with van der Waals surface area (Å²) in [6.07, 6.45) is 1.44. The SMILES string of the molecule is CN(Cc1ccc(Cl)s1)c1cc(C(N)=O)c(N)cn1. The molecule has 2 heterocycles. The second-order valence-electron chi connectivity index (χ2n) is 4.06. The van der Waals surface area contributed by atoms with Gasteiger partial charge >= 0.3 is 0 Å². The van der Waals surface area contributed by atoms with Crippen LogP contribution in [0.1, 0.15) is 15.2 Å². The van der Waals surface area contributed by atoms with Gasteiger partial charge in [0, 0.05) is 11.9 Å². The van der Waals surface area contributed by atoms with Crippen LogP contribution in [-0.4, -0.2) is 17.9 Å². The van der Waals surface area contributed by atoms with Crippen molar-refractivity contribution in [2.45, 2.75) is 6.54 Å². The van der Waals surface area contributed by atoms with E-state index >= 15 is 0 Å². The van der Waals surface area contributed by atoms with Crippen LogP contribution in [0.15, 0.2) is 24.4 Å². The molecule has 0 aliphatic carbocycles. The maximum absolute atomic E-state index is 11.2. The fourth-order valence-electron chi connectivity index (χ4n) is 1.63. The number of anilines is 2. The predicted molar refractivity (Wildman–Crippen MR) is 78.6 cm³/mol. The van der Waals surface area contributed by atoms with E-state index in [2.05, 4.69) is 4.98 Å². The van der Waals surface area contributed by atoms with Crippen molar-refractivity contribution in [3.8, 4) is 0 Å². The highest BCUT2D eigenvalue weighted by Crippen LogP contribution is 2.24. The Hall–Kier alpha value is -1.79. The molecule has 2 aromatic heterocycles. The van der Waals surface area contributed by atoms with Crippen LogP contribution >= 0.6 is 22.9 Å². The molecule has 2 aromatic rings. The van der Waals surface area contributed by atoms with Crippen LogP contribution in [0.4, 0.5) is 11.5 Å². The van der Waals surface area contributed by atoms with Gasteiger partial charge in [-0.2, -0.15) is 0 Å². The second kappa shape index (κ2) is 5.46. The van der Waals surface area contributed by atoms with E-state index in [4.69, 9.17) is 23.1 Å². The number of hydrogen-bond acceptors (Lipinski definition) is 5. The number of aromatic nitrogens is 1. The molecular formula is C12H13ClN4OS. The van der Waals surface area contributed by atoms with Gasteiger partial charge in [0.1, 0.15) is 5.82 Å². The number of nitrogens with zero attached hydrogens (tertiary/aromatic N) is 2. The van der Waals surface area contributed by atoms with E-state index in [0.717, 1.165) is 9.21 Å². The quantitative estimate of drug-likeness (QED) is 0.905. The first kappa shape index (κ1) is 13.6. The number of nitrogen functional groups attached to an aromatic ring is 1. The monoisotopic (exact) mass is 296 g/mol. The van der Waals surface area contributed by atoms with Crippen molar-refractivity contribution < 1.29 is 4.79 Å². The molecule has 0 fully saturated rings. The van der Waals surface area contributed by atoms with Crippen LogP contribution in [0.5, 0.6) is 0 Å². The normalized spacial score (nSPS) is 10.4. The zero-order valence-corrected chi connectivity index (χ0v) is 11.8. The van der Waals surface area contributed by atoms with Gasteiger partial charge in [-0.25, -0.2) is 4.98 Å². The maximum Gasteiger partial charge on any atom is 0.250 e. The molecule has 4 N–H and O–H groups in total. The molecular weight excluding hydrogens is 284 g/mol. The molecule has 0 bridgehead atoms. The fraction of sp³-hybridized carbons (Fsp3) is 0.167. The molecule has 2 rings (SSSR count). The first-order valence-electron chi connectivity index (χ1n) is 5.48. The third kappa shape index (κ3) is 3.15. The van der Waals surface area contributed by atoms with Crippen LogP contribution in [0, 0.1) is 0 Å². The first-order chi connectivity index (χ1) is 8.97. The smallest absolute Gasteiger partial charge is 0.250 e. The van der Waals surface area contributed by atoms with E-state index in [1.807, 2.05) is 24.1 Å². The van der Waals surface area contributed by atoms with Gasteiger partial charge in [0.05, 0.1) is 28.3 Å². The lowest BCUT2D eigenvalue weighted by Crippen LogP contribution is -2.19. The third-order valence-corrected chi connectivity index (χ3v) is 3.81. The number of rotatable bonds is 4. The standard InChI is InChI=1S/C12H13ClN4OS/c1-17(6-7-2-3-10(13)19-7)11-4-8(12(15)18)9(14)5-16-11/h2-5H,6,14H2,1H3,(H2,15,18). The lowest BCUT2D eigenvalue weighted by atomic mass is 10.2. The largest absolute Gasteiger partial charge is 0.397 e. The number of thiophene rings is 1. The van der Waals surface area contributed by atoms with Gasteiger partial charge in [0.15, 0.2) is 0 Å². The summed E-state index contributed by atoms with van der Waals surface area (Å²) in [7, 11) is 1.87. The Kier molecular flexibility index (Phi) is 3.92. The summed E-state index contributed by atoms with van der Waals surface area (Å²) in [6.45, 7) is 0.645. The average molecular weight is 297 g/mol. The van der Waals surface area contributed by atoms with Crippen LogP contribution in [0.3, 0.4) is 0 Å². The number of carbonyl (C=O) groups excluding carboxylic acids is 1. The van der Waals surface area contributed by atoms with E-state index in [9.17, 15) is 4.79 Å². The molecule has 5 nitrogen and oxygen atoms in total. The molecule has 100 valence electrons. The van der Waals surface area contributed by atoms with Crippen molar-refractivity contribution in [2.75, 3.05) is 17.7 Å². The molecule has 0 radical (unpaired) electrons. The number of amides is 1. The highest BCUT2D eigenvalue weighted by Gasteiger charge is 2.11. The molecule has 0 spiro atoms. The summed E-state index contributed by atoms with van der Waals surface area (Å²) < 4.78 is 0.742. The Morgan fingerprint density at radius 1 is 1.53 bits per heavy atom. The van der Waals surface area contributed by atoms with E-state index in [1.54, 1.807) is 6.07 Å². The van der Waals surface area contributed by atoms with Gasteiger partial charge in [-0.05, 0) is 18.2 Å². The van der Waals surface area contributed by atoms with Gasteiger partial charge < -0.3 is 16.4 Å². The third-order valence-electron chi connectivity index (χ3n) is 2.60. The Labute approximate surface area is 119 Å². The van der Waals surface area contributed by atoms with E-state index < -0.39 is 5.91 Å². The Bertz CT molecular complexity index is 614. The van der Waals surface area contributed by atoms with Crippen LogP contribution in [-0.2, 0) is 6.54 Å². The van der Waals surface area contributed by atoms with Crippen LogP contribution in [0.2, 0.25) is 4.34 Å². The van der Waals surface area contributed by atoms with Gasteiger partial charge in [-0.1, -0.05) is 11.6 Å². The van der Waals surface area contributed by atoms with Gasteiger partial charge in [-0.15, -0.1) is 11.3 Å². The summed E-state index contributed by atoms with van der Waals surface area (Å²) in [5.41, 5.74) is 11.5. The lowest BCUT2D eigenvalue weighted by Gasteiger charge is -2.18. The molecule has 0 aliphatic heterocycles. The van der Waals surface area contributed by atoms with E-state index in [0.29, 0.717) is 12.4 Å². The summed E-state index contributed by atoms with van der Waals surface area (Å²) in [4.78, 5) is 18.4. The first-order valence-corrected chi connectivity index (χ1v) is 6.67. The number of nitrogens with two attached hydrogens (primary N) is 2. The summed E-state index contributed by atoms with van der Waals surface area (Å²) in [5.74, 6) is 0.0706. The summed E-state index contributed by atoms with van der Waals surface area (Å²) >= 11 is 7.39. The zero-order chi connectivity index (χ0) is 14.0. The number of carbonyl (C=O) groups is 1. The predicted octanol–water partition coefficient (Wildman–Crippen LogP) is 2.11. The van der Waals surface area contributed by atoms with Gasteiger partial charge in [0.25, 0.3) is 5.91 Å². The summed E-state index contributed by atoms with van der Waals surface area (Å²) in [6, 6.07) is 5.39. The van der Waals surface area contributed by atoms with Crippen molar-refractivity contribution in [1.29, 1.82) is 0 Å². The molecule has 0 unspecified atom stereocenters. The minimum absolute atomic E-state index is 0.279. The molecule has 0 atom stereocenters. The van der Waals surface area contributed by atoms with Gasteiger partial charge in [0.2, 0.25) is 0 Å². The summed E-state index contributed by atoms with van der Waals surface area (Å²) in [5, 5.41) is 0. The number of hydrogen-bond donors (Lipinski definition) is 2. The van der Waals surface area contributed by atoms with Crippen molar-refractivity contribution in [1.82, 2.24) is 4.98 Å². The van der Waals surface area contributed by atoms with Crippen LogP contribution in [0.25, 0.3) is 0 Å². The Morgan fingerprint density at radius 3 is 2.84 bits per heavy atom. The van der Waals surface area contributed by atoms with Crippen LogP contribution < -0.4 is 16.4 Å². The molecule has 0 aliphatic rings. The second-order valence-corrected chi connectivity index (χ2v) is 5.86. The number of primary amides is 1. The molecule has 7 heteroatoms. The highest BCUT2D eigenvalue weighted by molar-refractivity contribution is 7.16. The van der Waals surface area contributed by atoms with Gasteiger partial charge in [-0.3, -0.25) is 4.79 Å². The molecule has 0 aromatic carbocycles. The Morgan fingerprint density at radius 2 is 2.26 bits per heavy atom. The molecule has 19 heavy (non-hydrogen) atoms. The molecule has 1 amide bonds. The average Bonchev–Trinajstić information content (AvgIpc) is 2.74.